The molecule has 0 radical (unpaired) electrons. The molecule has 1 heterocycles. The van der Waals surface area contributed by atoms with Gasteiger partial charge in [0.05, 0.1) is 0 Å². The van der Waals surface area contributed by atoms with Crippen LogP contribution in [0, 0.1) is 20.8 Å². The van der Waals surface area contributed by atoms with Crippen molar-refractivity contribution in [3.8, 4) is 5.75 Å². The maximum atomic E-state index is 5.89. The molecule has 0 bridgehead atoms. The highest BCUT2D eigenvalue weighted by molar-refractivity contribution is 5.86. The molecule has 0 aromatic heterocycles. The Morgan fingerprint density at radius 2 is 1.68 bits per heavy atom. The molecule has 0 fully saturated rings. The minimum Gasteiger partial charge on any atom is -0.489 e. The SMILES string of the molecule is Cc1cc(C)c2c(c1C)OCC=C2c1ccccc1. The zero-order valence-corrected chi connectivity index (χ0v) is 11.7. The smallest absolute Gasteiger partial charge is 0.131 e. The lowest BCUT2D eigenvalue weighted by Crippen LogP contribution is -2.09. The largest absolute Gasteiger partial charge is 0.489 e. The summed E-state index contributed by atoms with van der Waals surface area (Å²) in [6, 6.07) is 12.8. The van der Waals surface area contributed by atoms with Crippen LogP contribution in [-0.2, 0) is 0 Å². The van der Waals surface area contributed by atoms with Gasteiger partial charge in [-0.25, -0.2) is 0 Å². The first-order chi connectivity index (χ1) is 9.18. The molecule has 2 aromatic carbocycles. The van der Waals surface area contributed by atoms with Crippen LogP contribution in [-0.4, -0.2) is 6.61 Å². The molecule has 0 spiro atoms. The monoisotopic (exact) mass is 250 g/mol. The number of fused-ring (bicyclic) bond motifs is 1. The van der Waals surface area contributed by atoms with Gasteiger partial charge in [-0.1, -0.05) is 36.4 Å². The highest BCUT2D eigenvalue weighted by atomic mass is 16.5. The Hall–Kier alpha value is -2.02. The van der Waals surface area contributed by atoms with Crippen LogP contribution in [0.3, 0.4) is 0 Å². The second kappa shape index (κ2) is 4.58. The third-order valence-corrected chi connectivity index (χ3v) is 3.86. The van der Waals surface area contributed by atoms with E-state index in [1.807, 2.05) is 0 Å². The van der Waals surface area contributed by atoms with Crippen LogP contribution in [0.1, 0.15) is 27.8 Å². The topological polar surface area (TPSA) is 9.23 Å². The van der Waals surface area contributed by atoms with Crippen molar-refractivity contribution in [1.29, 1.82) is 0 Å². The summed E-state index contributed by atoms with van der Waals surface area (Å²) in [5, 5.41) is 0. The van der Waals surface area contributed by atoms with E-state index in [0.29, 0.717) is 6.61 Å². The van der Waals surface area contributed by atoms with Crippen molar-refractivity contribution in [2.24, 2.45) is 0 Å². The molecule has 0 N–H and O–H groups in total. The van der Waals surface area contributed by atoms with Gasteiger partial charge in [-0.15, -0.1) is 0 Å². The predicted octanol–water partition coefficient (Wildman–Crippen LogP) is 4.44. The normalized spacial score (nSPS) is 13.5. The van der Waals surface area contributed by atoms with E-state index in [9.17, 15) is 0 Å². The summed E-state index contributed by atoms with van der Waals surface area (Å²) in [5.41, 5.74) is 7.64. The summed E-state index contributed by atoms with van der Waals surface area (Å²) in [6.07, 6.45) is 2.18. The summed E-state index contributed by atoms with van der Waals surface area (Å²) in [6.45, 7) is 7.10. The first-order valence-corrected chi connectivity index (χ1v) is 6.68. The molecule has 0 saturated heterocycles. The second-order valence-electron chi connectivity index (χ2n) is 5.13. The van der Waals surface area contributed by atoms with Crippen LogP contribution in [0.4, 0.5) is 0 Å². The highest BCUT2D eigenvalue weighted by Crippen LogP contribution is 2.39. The van der Waals surface area contributed by atoms with Crippen molar-refractivity contribution >= 4 is 5.57 Å². The predicted molar refractivity (Wildman–Crippen MR) is 79.7 cm³/mol. The fourth-order valence-corrected chi connectivity index (χ4v) is 2.76. The molecule has 0 aliphatic carbocycles. The number of hydrogen-bond donors (Lipinski definition) is 0. The third-order valence-electron chi connectivity index (χ3n) is 3.86. The summed E-state index contributed by atoms with van der Waals surface area (Å²) in [4.78, 5) is 0. The van der Waals surface area contributed by atoms with Crippen molar-refractivity contribution in [2.75, 3.05) is 6.61 Å². The first kappa shape index (κ1) is 12.0. The van der Waals surface area contributed by atoms with Gasteiger partial charge in [-0.3, -0.25) is 0 Å². The van der Waals surface area contributed by atoms with Crippen molar-refractivity contribution in [2.45, 2.75) is 20.8 Å². The summed E-state index contributed by atoms with van der Waals surface area (Å²) >= 11 is 0. The molecule has 0 atom stereocenters. The Morgan fingerprint density at radius 1 is 0.947 bits per heavy atom. The third kappa shape index (κ3) is 1.95. The second-order valence-corrected chi connectivity index (χ2v) is 5.13. The molecule has 0 unspecified atom stereocenters. The average Bonchev–Trinajstić information content (AvgIpc) is 2.45. The Balaban J connectivity index is 2.24. The minimum atomic E-state index is 0.654. The average molecular weight is 250 g/mol. The quantitative estimate of drug-likeness (QED) is 0.727. The molecule has 96 valence electrons. The van der Waals surface area contributed by atoms with E-state index in [1.165, 1.54) is 33.4 Å². The van der Waals surface area contributed by atoms with Crippen molar-refractivity contribution in [3.63, 3.8) is 0 Å². The summed E-state index contributed by atoms with van der Waals surface area (Å²) in [7, 11) is 0. The number of ether oxygens (including phenoxy) is 1. The minimum absolute atomic E-state index is 0.654. The van der Waals surface area contributed by atoms with Gasteiger partial charge in [-0.2, -0.15) is 0 Å². The maximum Gasteiger partial charge on any atom is 0.131 e. The van der Waals surface area contributed by atoms with E-state index in [4.69, 9.17) is 4.74 Å². The maximum absolute atomic E-state index is 5.89. The van der Waals surface area contributed by atoms with Gasteiger partial charge in [0.15, 0.2) is 0 Å². The van der Waals surface area contributed by atoms with Gasteiger partial charge in [0.2, 0.25) is 0 Å². The standard InChI is InChI=1S/C18H18O/c1-12-11-13(2)17-16(15-7-5-4-6-8-15)9-10-19-18(17)14(12)3/h4-9,11H,10H2,1-3H3. The van der Waals surface area contributed by atoms with Gasteiger partial charge in [0, 0.05) is 5.56 Å². The van der Waals surface area contributed by atoms with E-state index in [1.54, 1.807) is 0 Å². The van der Waals surface area contributed by atoms with Gasteiger partial charge < -0.3 is 4.74 Å². The lowest BCUT2D eigenvalue weighted by Gasteiger charge is -2.24. The van der Waals surface area contributed by atoms with Crippen molar-refractivity contribution in [1.82, 2.24) is 0 Å². The molecule has 1 aliphatic heterocycles. The van der Waals surface area contributed by atoms with Crippen LogP contribution >= 0.6 is 0 Å². The molecule has 19 heavy (non-hydrogen) atoms. The summed E-state index contributed by atoms with van der Waals surface area (Å²) in [5.74, 6) is 1.05. The fourth-order valence-electron chi connectivity index (χ4n) is 2.76. The molecular formula is C18H18O. The van der Waals surface area contributed by atoms with Gasteiger partial charge in [0.1, 0.15) is 12.4 Å². The molecule has 0 amide bonds. The number of benzene rings is 2. The molecule has 1 heteroatoms. The van der Waals surface area contributed by atoms with Gasteiger partial charge in [-0.05, 0) is 54.7 Å². The number of rotatable bonds is 1. The number of aryl methyl sites for hydroxylation is 2. The van der Waals surface area contributed by atoms with Crippen LogP contribution in [0.25, 0.3) is 5.57 Å². The molecule has 1 nitrogen and oxygen atoms in total. The van der Waals surface area contributed by atoms with E-state index in [-0.39, 0.29) is 0 Å². The van der Waals surface area contributed by atoms with Crippen LogP contribution in [0.15, 0.2) is 42.5 Å². The Labute approximate surface area is 114 Å². The molecule has 3 rings (SSSR count). The molecule has 2 aromatic rings. The Kier molecular flexibility index (Phi) is 2.90. The molecular weight excluding hydrogens is 232 g/mol. The van der Waals surface area contributed by atoms with E-state index in [2.05, 4.69) is 63.2 Å². The van der Waals surface area contributed by atoms with Gasteiger partial charge >= 0.3 is 0 Å². The molecule has 1 aliphatic rings. The van der Waals surface area contributed by atoms with E-state index >= 15 is 0 Å². The molecule has 0 saturated carbocycles. The van der Waals surface area contributed by atoms with Crippen molar-refractivity contribution < 1.29 is 4.74 Å². The van der Waals surface area contributed by atoms with Gasteiger partial charge in [0.25, 0.3) is 0 Å². The van der Waals surface area contributed by atoms with E-state index in [0.717, 1.165) is 5.75 Å². The Bertz CT molecular complexity index is 651. The van der Waals surface area contributed by atoms with Crippen LogP contribution in [0.5, 0.6) is 5.75 Å². The van der Waals surface area contributed by atoms with Crippen molar-refractivity contribution in [3.05, 3.63) is 70.3 Å². The highest BCUT2D eigenvalue weighted by Gasteiger charge is 2.20. The van der Waals surface area contributed by atoms with E-state index < -0.39 is 0 Å². The van der Waals surface area contributed by atoms with Crippen LogP contribution in [0.2, 0.25) is 0 Å². The number of hydrogen-bond acceptors (Lipinski definition) is 1. The summed E-state index contributed by atoms with van der Waals surface area (Å²) < 4.78 is 5.89. The van der Waals surface area contributed by atoms with Crippen LogP contribution < -0.4 is 4.74 Å². The fraction of sp³-hybridized carbons (Fsp3) is 0.222. The zero-order valence-electron chi connectivity index (χ0n) is 11.7. The zero-order chi connectivity index (χ0) is 13.4. The Morgan fingerprint density at radius 3 is 2.42 bits per heavy atom. The first-order valence-electron chi connectivity index (χ1n) is 6.68. The lowest BCUT2D eigenvalue weighted by atomic mass is 9.89. The lowest BCUT2D eigenvalue weighted by molar-refractivity contribution is 0.354.